The number of carbonyl (C=O) groups is 2. The Morgan fingerprint density at radius 2 is 2.11 bits per heavy atom. The summed E-state index contributed by atoms with van der Waals surface area (Å²) in [5.74, 6) is 1.22. The molecule has 0 saturated carbocycles. The maximum Gasteiger partial charge on any atom is 0.226 e. The van der Waals surface area contributed by atoms with E-state index in [2.05, 4.69) is 22.9 Å². The molecule has 1 fully saturated rings. The monoisotopic (exact) mass is 431 g/mol. The topological polar surface area (TPSA) is 79.5 Å². The lowest BCUT2D eigenvalue weighted by molar-refractivity contribution is -0.122. The molecule has 1 heterocycles. The average Bonchev–Trinajstić information content (AvgIpc) is 2.65. The minimum Gasteiger partial charge on any atom is -0.495 e. The van der Waals surface area contributed by atoms with Crippen LogP contribution in [0.4, 0.5) is 5.69 Å². The van der Waals surface area contributed by atoms with Gasteiger partial charge in [-0.1, -0.05) is 18.5 Å². The number of nitrogens with one attached hydrogen (secondary N) is 3. The van der Waals surface area contributed by atoms with Gasteiger partial charge in [0, 0.05) is 30.5 Å². The number of hydrogen-bond acceptors (Lipinski definition) is 4. The smallest absolute Gasteiger partial charge is 0.226 e. The minimum atomic E-state index is -0.181. The molecular formula is C20H31Cl2N3O3. The summed E-state index contributed by atoms with van der Waals surface area (Å²) in [5.41, 5.74) is 1.43. The second kappa shape index (κ2) is 12.1. The summed E-state index contributed by atoms with van der Waals surface area (Å²) in [6.45, 7) is 6.36. The summed E-state index contributed by atoms with van der Waals surface area (Å²) in [5, 5.41) is 9.63. The second-order valence-electron chi connectivity index (χ2n) is 7.24. The van der Waals surface area contributed by atoms with Crippen LogP contribution in [0.2, 0.25) is 5.02 Å². The van der Waals surface area contributed by atoms with E-state index in [4.69, 9.17) is 16.3 Å². The quantitative estimate of drug-likeness (QED) is 0.587. The van der Waals surface area contributed by atoms with E-state index < -0.39 is 0 Å². The lowest BCUT2D eigenvalue weighted by Gasteiger charge is -2.28. The van der Waals surface area contributed by atoms with Gasteiger partial charge >= 0.3 is 0 Å². The predicted octanol–water partition coefficient (Wildman–Crippen LogP) is 3.55. The number of anilines is 1. The number of ether oxygens (including phenoxy) is 1. The normalized spacial score (nSPS) is 17.2. The largest absolute Gasteiger partial charge is 0.495 e. The van der Waals surface area contributed by atoms with Gasteiger partial charge in [0.05, 0.1) is 12.8 Å². The van der Waals surface area contributed by atoms with Crippen molar-refractivity contribution in [1.82, 2.24) is 10.6 Å². The zero-order valence-electron chi connectivity index (χ0n) is 16.8. The van der Waals surface area contributed by atoms with E-state index in [1.807, 2.05) is 6.92 Å². The molecule has 2 unspecified atom stereocenters. The Morgan fingerprint density at radius 1 is 1.36 bits per heavy atom. The van der Waals surface area contributed by atoms with Crippen LogP contribution in [0.15, 0.2) is 12.1 Å². The Morgan fingerprint density at radius 3 is 2.75 bits per heavy atom. The van der Waals surface area contributed by atoms with Gasteiger partial charge in [-0.3, -0.25) is 9.59 Å². The summed E-state index contributed by atoms with van der Waals surface area (Å²) in [6, 6.07) is 3.45. The number of amides is 2. The number of hydrogen-bond donors (Lipinski definition) is 3. The zero-order valence-corrected chi connectivity index (χ0v) is 18.3. The molecule has 0 aliphatic carbocycles. The molecule has 1 aliphatic heterocycles. The highest BCUT2D eigenvalue weighted by atomic mass is 35.5. The Bertz CT molecular complexity index is 664. The molecule has 0 radical (unpaired) electrons. The molecule has 0 spiro atoms. The van der Waals surface area contributed by atoms with Gasteiger partial charge in [0.15, 0.2) is 0 Å². The Labute approximate surface area is 178 Å². The maximum atomic E-state index is 12.2. The molecule has 1 aromatic rings. The van der Waals surface area contributed by atoms with Crippen LogP contribution >= 0.6 is 24.0 Å². The first-order valence-corrected chi connectivity index (χ1v) is 9.90. The van der Waals surface area contributed by atoms with Gasteiger partial charge in [0.1, 0.15) is 5.75 Å². The van der Waals surface area contributed by atoms with Crippen LogP contribution in [-0.4, -0.2) is 38.6 Å². The van der Waals surface area contributed by atoms with E-state index >= 15 is 0 Å². The Balaban J connectivity index is 0.00000392. The lowest BCUT2D eigenvalue weighted by Crippen LogP contribution is -2.36. The first kappa shape index (κ1) is 24.5. The lowest BCUT2D eigenvalue weighted by atomic mass is 9.85. The van der Waals surface area contributed by atoms with E-state index in [-0.39, 0.29) is 30.6 Å². The molecule has 2 atom stereocenters. The summed E-state index contributed by atoms with van der Waals surface area (Å²) in [6.07, 6.45) is 3.05. The third-order valence-electron chi connectivity index (χ3n) is 5.08. The summed E-state index contributed by atoms with van der Waals surface area (Å²) < 4.78 is 5.25. The van der Waals surface area contributed by atoms with E-state index in [0.29, 0.717) is 41.3 Å². The summed E-state index contributed by atoms with van der Waals surface area (Å²) >= 11 is 6.07. The van der Waals surface area contributed by atoms with Crippen LogP contribution < -0.4 is 20.7 Å². The van der Waals surface area contributed by atoms with Crippen molar-refractivity contribution in [1.29, 1.82) is 0 Å². The first-order chi connectivity index (χ1) is 12.9. The highest BCUT2D eigenvalue weighted by Gasteiger charge is 2.22. The molecule has 0 bridgehead atoms. The van der Waals surface area contributed by atoms with Gasteiger partial charge in [-0.2, -0.15) is 0 Å². The maximum absolute atomic E-state index is 12.2. The molecule has 8 heteroatoms. The second-order valence-corrected chi connectivity index (χ2v) is 7.64. The number of benzene rings is 1. The fourth-order valence-electron chi connectivity index (χ4n) is 3.35. The molecule has 28 heavy (non-hydrogen) atoms. The summed E-state index contributed by atoms with van der Waals surface area (Å²) in [7, 11) is 1.53. The van der Waals surface area contributed by atoms with Crippen molar-refractivity contribution < 1.29 is 14.3 Å². The van der Waals surface area contributed by atoms with Crippen molar-refractivity contribution in [2.75, 3.05) is 32.1 Å². The molecule has 2 amide bonds. The fraction of sp³-hybridized carbons (Fsp3) is 0.600. The van der Waals surface area contributed by atoms with Gasteiger partial charge < -0.3 is 20.7 Å². The SMILES string of the molecule is COc1cc(Cl)c(C)cc1NC(=O)CCNC(=O)CC(C)C1CCCNC1.Cl. The molecule has 158 valence electrons. The van der Waals surface area contributed by atoms with Crippen molar-refractivity contribution in [2.24, 2.45) is 11.8 Å². The molecule has 6 nitrogen and oxygen atoms in total. The van der Waals surface area contributed by atoms with Gasteiger partial charge in [-0.15, -0.1) is 12.4 Å². The third kappa shape index (κ3) is 7.49. The molecule has 1 aliphatic rings. The van der Waals surface area contributed by atoms with Crippen LogP contribution in [0.5, 0.6) is 5.75 Å². The van der Waals surface area contributed by atoms with Crippen LogP contribution in [0.25, 0.3) is 0 Å². The van der Waals surface area contributed by atoms with Gasteiger partial charge in [-0.25, -0.2) is 0 Å². The molecular weight excluding hydrogens is 401 g/mol. The Hall–Kier alpha value is -1.50. The van der Waals surface area contributed by atoms with Crippen molar-refractivity contribution in [3.63, 3.8) is 0 Å². The van der Waals surface area contributed by atoms with Crippen molar-refractivity contribution >= 4 is 41.5 Å². The number of rotatable bonds is 8. The fourth-order valence-corrected chi connectivity index (χ4v) is 3.51. The van der Waals surface area contributed by atoms with E-state index in [0.717, 1.165) is 18.7 Å². The van der Waals surface area contributed by atoms with Crippen LogP contribution in [0.3, 0.4) is 0 Å². The first-order valence-electron chi connectivity index (χ1n) is 9.52. The number of methoxy groups -OCH3 is 1. The average molecular weight is 432 g/mol. The van der Waals surface area contributed by atoms with Crippen LogP contribution in [0.1, 0.15) is 38.2 Å². The molecule has 0 aromatic heterocycles. The predicted molar refractivity (Wildman–Crippen MR) is 116 cm³/mol. The van der Waals surface area contributed by atoms with Gasteiger partial charge in [0.2, 0.25) is 11.8 Å². The molecule has 3 N–H and O–H groups in total. The Kier molecular flexibility index (Phi) is 10.6. The van der Waals surface area contributed by atoms with E-state index in [1.165, 1.54) is 20.0 Å². The molecule has 1 aromatic carbocycles. The van der Waals surface area contributed by atoms with Crippen LogP contribution in [-0.2, 0) is 9.59 Å². The third-order valence-corrected chi connectivity index (χ3v) is 5.48. The minimum absolute atomic E-state index is 0. The van der Waals surface area contributed by atoms with Crippen LogP contribution in [0, 0.1) is 18.8 Å². The zero-order chi connectivity index (χ0) is 19.8. The number of carbonyl (C=O) groups excluding carboxylic acids is 2. The molecule has 2 rings (SSSR count). The number of piperidine rings is 1. The number of aryl methyl sites for hydroxylation is 1. The summed E-state index contributed by atoms with van der Waals surface area (Å²) in [4.78, 5) is 24.3. The highest BCUT2D eigenvalue weighted by Crippen LogP contribution is 2.31. The highest BCUT2D eigenvalue weighted by molar-refractivity contribution is 6.31. The van der Waals surface area contributed by atoms with Crippen molar-refractivity contribution in [3.05, 3.63) is 22.7 Å². The van der Waals surface area contributed by atoms with E-state index in [9.17, 15) is 9.59 Å². The van der Waals surface area contributed by atoms with Crippen molar-refractivity contribution in [2.45, 2.75) is 39.5 Å². The van der Waals surface area contributed by atoms with Gasteiger partial charge in [-0.05, 0) is 56.3 Å². The standard InChI is InChI=1S/C20H30ClN3O3.ClH/c1-13(15-5-4-7-22-12-15)10-20(26)23-8-6-19(25)24-17-9-14(2)16(21)11-18(17)27-3;/h9,11,13,15,22H,4-8,10,12H2,1-3H3,(H,23,26)(H,24,25);1H. The van der Waals surface area contributed by atoms with E-state index in [1.54, 1.807) is 12.1 Å². The number of halogens is 2. The van der Waals surface area contributed by atoms with Gasteiger partial charge in [0.25, 0.3) is 0 Å². The van der Waals surface area contributed by atoms with Crippen molar-refractivity contribution in [3.8, 4) is 5.75 Å². The molecule has 1 saturated heterocycles.